The number of carbonyl (C=O) groups excluding carboxylic acids is 2. The van der Waals surface area contributed by atoms with E-state index in [0.29, 0.717) is 23.0 Å². The Hall–Kier alpha value is -1.92. The molecule has 0 aliphatic heterocycles. The summed E-state index contributed by atoms with van der Waals surface area (Å²) in [5, 5.41) is 6.06. The number of nitrogens with one attached hydrogen (secondary N) is 2. The van der Waals surface area contributed by atoms with Crippen molar-refractivity contribution in [2.24, 2.45) is 0 Å². The molecule has 0 bridgehead atoms. The standard InChI is InChI=1S/C15H15ClN2O3S/c16-11-3-5-12(6-4-11)18-15(20)10-22-9-14(19)17-8-13-2-1-7-21-13/h1-7H,8-10H2,(H,17,19)(H,18,20). The molecule has 1 aromatic carbocycles. The summed E-state index contributed by atoms with van der Waals surface area (Å²) in [5.74, 6) is 0.816. The van der Waals surface area contributed by atoms with Gasteiger partial charge in [0.25, 0.3) is 0 Å². The predicted octanol–water partition coefficient (Wildman–Crippen LogP) is 2.92. The molecule has 7 heteroatoms. The zero-order valence-electron chi connectivity index (χ0n) is 11.7. The molecule has 0 aliphatic rings. The summed E-state index contributed by atoms with van der Waals surface area (Å²) in [4.78, 5) is 23.3. The fourth-order valence-electron chi connectivity index (χ4n) is 1.62. The zero-order chi connectivity index (χ0) is 15.8. The van der Waals surface area contributed by atoms with E-state index in [9.17, 15) is 9.59 Å². The van der Waals surface area contributed by atoms with Gasteiger partial charge in [0.1, 0.15) is 5.76 Å². The van der Waals surface area contributed by atoms with Gasteiger partial charge in [0.15, 0.2) is 0 Å². The molecule has 2 rings (SSSR count). The van der Waals surface area contributed by atoms with E-state index < -0.39 is 0 Å². The lowest BCUT2D eigenvalue weighted by Crippen LogP contribution is -2.25. The number of hydrogen-bond acceptors (Lipinski definition) is 4. The monoisotopic (exact) mass is 338 g/mol. The molecule has 5 nitrogen and oxygen atoms in total. The van der Waals surface area contributed by atoms with Gasteiger partial charge in [-0.25, -0.2) is 0 Å². The van der Waals surface area contributed by atoms with Gasteiger partial charge in [-0.2, -0.15) is 0 Å². The van der Waals surface area contributed by atoms with Crippen LogP contribution in [0.4, 0.5) is 5.69 Å². The molecular weight excluding hydrogens is 324 g/mol. The summed E-state index contributed by atoms with van der Waals surface area (Å²) in [7, 11) is 0. The molecule has 0 saturated carbocycles. The quantitative estimate of drug-likeness (QED) is 0.814. The number of furan rings is 1. The van der Waals surface area contributed by atoms with Gasteiger partial charge < -0.3 is 15.1 Å². The van der Waals surface area contributed by atoms with Crippen molar-refractivity contribution in [3.8, 4) is 0 Å². The van der Waals surface area contributed by atoms with Crippen molar-refractivity contribution in [3.63, 3.8) is 0 Å². The second-order valence-electron chi connectivity index (χ2n) is 4.40. The lowest BCUT2D eigenvalue weighted by Gasteiger charge is -2.05. The van der Waals surface area contributed by atoms with Gasteiger partial charge in [-0.05, 0) is 36.4 Å². The SMILES string of the molecule is O=C(CSCC(=O)Nc1ccc(Cl)cc1)NCc1ccco1. The number of hydrogen-bond donors (Lipinski definition) is 2. The molecule has 0 spiro atoms. The van der Waals surface area contributed by atoms with Crippen LogP contribution in [0.5, 0.6) is 0 Å². The Morgan fingerprint density at radius 1 is 1.09 bits per heavy atom. The first-order chi connectivity index (χ1) is 10.6. The van der Waals surface area contributed by atoms with E-state index in [1.54, 1.807) is 42.7 Å². The van der Waals surface area contributed by atoms with Crippen molar-refractivity contribution in [3.05, 3.63) is 53.4 Å². The van der Waals surface area contributed by atoms with Crippen molar-refractivity contribution in [2.75, 3.05) is 16.8 Å². The molecular formula is C15H15ClN2O3S. The van der Waals surface area contributed by atoms with Crippen LogP contribution in [0.2, 0.25) is 5.02 Å². The molecule has 0 atom stereocenters. The highest BCUT2D eigenvalue weighted by Gasteiger charge is 2.06. The van der Waals surface area contributed by atoms with Crippen LogP contribution >= 0.6 is 23.4 Å². The van der Waals surface area contributed by atoms with Crippen molar-refractivity contribution < 1.29 is 14.0 Å². The summed E-state index contributed by atoms with van der Waals surface area (Å²) < 4.78 is 5.11. The maximum atomic E-state index is 11.7. The molecule has 2 N–H and O–H groups in total. The highest BCUT2D eigenvalue weighted by Crippen LogP contribution is 2.13. The molecule has 1 aromatic heterocycles. The minimum Gasteiger partial charge on any atom is -0.467 e. The second kappa shape index (κ2) is 8.51. The number of benzene rings is 1. The molecule has 0 aliphatic carbocycles. The van der Waals surface area contributed by atoms with Crippen molar-refractivity contribution >= 4 is 40.9 Å². The molecule has 22 heavy (non-hydrogen) atoms. The third kappa shape index (κ3) is 5.83. The Kier molecular flexibility index (Phi) is 6.36. The summed E-state index contributed by atoms with van der Waals surface area (Å²) >= 11 is 7.01. The summed E-state index contributed by atoms with van der Waals surface area (Å²) in [6.45, 7) is 0.351. The van der Waals surface area contributed by atoms with Crippen LogP contribution < -0.4 is 10.6 Å². The van der Waals surface area contributed by atoms with E-state index in [-0.39, 0.29) is 23.3 Å². The van der Waals surface area contributed by atoms with E-state index in [0.717, 1.165) is 0 Å². The van der Waals surface area contributed by atoms with Gasteiger partial charge in [0.05, 0.1) is 24.3 Å². The van der Waals surface area contributed by atoms with Crippen LogP contribution in [0.3, 0.4) is 0 Å². The molecule has 116 valence electrons. The Morgan fingerprint density at radius 2 is 1.82 bits per heavy atom. The van der Waals surface area contributed by atoms with Crippen molar-refractivity contribution in [1.82, 2.24) is 5.32 Å². The van der Waals surface area contributed by atoms with Crippen LogP contribution in [0.25, 0.3) is 0 Å². The number of rotatable bonds is 7. The Labute approximate surface area is 137 Å². The molecule has 0 fully saturated rings. The van der Waals surface area contributed by atoms with Crippen LogP contribution in [-0.2, 0) is 16.1 Å². The highest BCUT2D eigenvalue weighted by molar-refractivity contribution is 8.00. The maximum Gasteiger partial charge on any atom is 0.234 e. The predicted molar refractivity (Wildman–Crippen MR) is 88.0 cm³/mol. The third-order valence-electron chi connectivity index (χ3n) is 2.63. The van der Waals surface area contributed by atoms with Crippen molar-refractivity contribution in [2.45, 2.75) is 6.54 Å². The Balaban J connectivity index is 1.62. The maximum absolute atomic E-state index is 11.7. The average Bonchev–Trinajstić information content (AvgIpc) is 3.01. The van der Waals surface area contributed by atoms with E-state index in [4.69, 9.17) is 16.0 Å². The first kappa shape index (κ1) is 16.5. The summed E-state index contributed by atoms with van der Waals surface area (Å²) in [6, 6.07) is 10.4. The Bertz CT molecular complexity index is 614. The zero-order valence-corrected chi connectivity index (χ0v) is 13.2. The van der Waals surface area contributed by atoms with E-state index in [1.165, 1.54) is 11.8 Å². The van der Waals surface area contributed by atoms with E-state index >= 15 is 0 Å². The van der Waals surface area contributed by atoms with Gasteiger partial charge >= 0.3 is 0 Å². The van der Waals surface area contributed by atoms with Gasteiger partial charge in [-0.1, -0.05) is 11.6 Å². The van der Waals surface area contributed by atoms with E-state index in [2.05, 4.69) is 10.6 Å². The number of halogens is 1. The number of anilines is 1. The number of thioether (sulfide) groups is 1. The normalized spacial score (nSPS) is 10.2. The smallest absolute Gasteiger partial charge is 0.234 e. The minimum absolute atomic E-state index is 0.138. The molecule has 0 saturated heterocycles. The average molecular weight is 339 g/mol. The molecule has 0 unspecified atom stereocenters. The number of carbonyl (C=O) groups is 2. The van der Waals surface area contributed by atoms with Gasteiger partial charge in [-0.3, -0.25) is 9.59 Å². The fraction of sp³-hybridized carbons (Fsp3) is 0.200. The molecule has 2 aromatic rings. The fourth-order valence-corrected chi connectivity index (χ4v) is 2.39. The summed E-state index contributed by atoms with van der Waals surface area (Å²) in [5.41, 5.74) is 0.678. The number of amides is 2. The van der Waals surface area contributed by atoms with Crippen LogP contribution in [-0.4, -0.2) is 23.3 Å². The lowest BCUT2D eigenvalue weighted by molar-refractivity contribution is -0.118. The molecule has 0 radical (unpaired) electrons. The molecule has 2 amide bonds. The van der Waals surface area contributed by atoms with Gasteiger partial charge in [0.2, 0.25) is 11.8 Å². The first-order valence-electron chi connectivity index (χ1n) is 6.56. The lowest BCUT2D eigenvalue weighted by atomic mass is 10.3. The first-order valence-corrected chi connectivity index (χ1v) is 8.09. The Morgan fingerprint density at radius 3 is 2.50 bits per heavy atom. The van der Waals surface area contributed by atoms with Gasteiger partial charge in [-0.15, -0.1) is 11.8 Å². The highest BCUT2D eigenvalue weighted by atomic mass is 35.5. The van der Waals surface area contributed by atoms with Crippen molar-refractivity contribution in [1.29, 1.82) is 0 Å². The van der Waals surface area contributed by atoms with Gasteiger partial charge in [0, 0.05) is 10.7 Å². The minimum atomic E-state index is -0.161. The topological polar surface area (TPSA) is 71.3 Å². The third-order valence-corrected chi connectivity index (χ3v) is 3.82. The van der Waals surface area contributed by atoms with Crippen LogP contribution in [0.15, 0.2) is 47.1 Å². The second-order valence-corrected chi connectivity index (χ2v) is 5.83. The van der Waals surface area contributed by atoms with Crippen LogP contribution in [0, 0.1) is 0 Å². The molecule has 1 heterocycles. The largest absolute Gasteiger partial charge is 0.467 e. The van der Waals surface area contributed by atoms with Crippen LogP contribution in [0.1, 0.15) is 5.76 Å². The summed E-state index contributed by atoms with van der Waals surface area (Å²) in [6.07, 6.45) is 1.55. The van der Waals surface area contributed by atoms with E-state index in [1.807, 2.05) is 0 Å².